The fraction of sp³-hybridized carbons (Fsp3) is 0.111. The molecule has 3 aromatic rings. The highest BCUT2D eigenvalue weighted by Gasteiger charge is 2.19. The molecule has 1 heterocycles. The van der Waals surface area contributed by atoms with Crippen LogP contribution in [0.4, 0.5) is 5.69 Å². The summed E-state index contributed by atoms with van der Waals surface area (Å²) in [7, 11) is 0. The van der Waals surface area contributed by atoms with Crippen molar-refractivity contribution in [2.24, 2.45) is 0 Å². The van der Waals surface area contributed by atoms with Gasteiger partial charge in [-0.3, -0.25) is 9.59 Å². The predicted octanol–water partition coefficient (Wildman–Crippen LogP) is 4.31. The van der Waals surface area contributed by atoms with Crippen LogP contribution in [-0.4, -0.2) is 16.8 Å². The van der Waals surface area contributed by atoms with Crippen molar-refractivity contribution in [2.45, 2.75) is 13.0 Å². The molecule has 0 aliphatic rings. The van der Waals surface area contributed by atoms with Crippen molar-refractivity contribution in [3.63, 3.8) is 0 Å². The van der Waals surface area contributed by atoms with Crippen molar-refractivity contribution in [2.75, 3.05) is 5.32 Å². The minimum Gasteiger partial charge on any atom is -0.335 e. The first-order valence-electron chi connectivity index (χ1n) is 7.21. The molecule has 0 saturated heterocycles. The Morgan fingerprint density at radius 3 is 2.65 bits per heavy atom. The topological polar surface area (TPSA) is 51.1 Å². The van der Waals surface area contributed by atoms with E-state index in [9.17, 15) is 9.59 Å². The molecule has 0 spiro atoms. The van der Waals surface area contributed by atoms with Gasteiger partial charge in [-0.2, -0.15) is 0 Å². The maximum absolute atomic E-state index is 12.5. The van der Waals surface area contributed by atoms with Crippen molar-refractivity contribution in [3.05, 3.63) is 65.3 Å². The van der Waals surface area contributed by atoms with Crippen molar-refractivity contribution in [3.8, 4) is 0 Å². The van der Waals surface area contributed by atoms with E-state index < -0.39 is 6.04 Å². The number of benzene rings is 2. The Bertz CT molecular complexity index is 871. The molecule has 116 valence electrons. The Kier molecular flexibility index (Phi) is 4.17. The summed E-state index contributed by atoms with van der Waals surface area (Å²) >= 11 is 6.00. The van der Waals surface area contributed by atoms with Crippen LogP contribution in [0.2, 0.25) is 5.02 Å². The second-order valence-electron chi connectivity index (χ2n) is 5.30. The maximum Gasteiger partial charge on any atom is 0.247 e. The summed E-state index contributed by atoms with van der Waals surface area (Å²) in [6, 6.07) is 14.1. The smallest absolute Gasteiger partial charge is 0.247 e. The summed E-state index contributed by atoms with van der Waals surface area (Å²) in [6.45, 7) is 1.79. The van der Waals surface area contributed by atoms with Crippen molar-refractivity contribution >= 4 is 40.4 Å². The molecule has 1 unspecified atom stereocenters. The van der Waals surface area contributed by atoms with Gasteiger partial charge < -0.3 is 9.88 Å². The average Bonchev–Trinajstić information content (AvgIpc) is 2.92. The lowest BCUT2D eigenvalue weighted by Gasteiger charge is -2.15. The van der Waals surface area contributed by atoms with Gasteiger partial charge in [0, 0.05) is 33.4 Å². The van der Waals surface area contributed by atoms with E-state index in [2.05, 4.69) is 5.32 Å². The number of carbonyl (C=O) groups is 2. The molecular weight excluding hydrogens is 312 g/mol. The third-order valence-electron chi connectivity index (χ3n) is 3.79. The number of para-hydroxylation sites is 1. The fourth-order valence-corrected chi connectivity index (χ4v) is 2.73. The number of rotatable bonds is 4. The molecule has 1 N–H and O–H groups in total. The van der Waals surface area contributed by atoms with E-state index in [1.165, 1.54) is 0 Å². The van der Waals surface area contributed by atoms with Crippen molar-refractivity contribution in [1.82, 2.24) is 4.57 Å². The highest BCUT2D eigenvalue weighted by molar-refractivity contribution is 6.31. The van der Waals surface area contributed by atoms with E-state index in [1.807, 2.05) is 36.4 Å². The zero-order valence-corrected chi connectivity index (χ0v) is 13.2. The highest BCUT2D eigenvalue weighted by atomic mass is 35.5. The summed E-state index contributed by atoms with van der Waals surface area (Å²) < 4.78 is 1.79. The van der Waals surface area contributed by atoms with Gasteiger partial charge in [-0.15, -0.1) is 0 Å². The predicted molar refractivity (Wildman–Crippen MR) is 92.1 cm³/mol. The molecule has 0 bridgehead atoms. The van der Waals surface area contributed by atoms with Gasteiger partial charge in [-0.25, -0.2) is 0 Å². The molecule has 0 aliphatic heterocycles. The first-order chi connectivity index (χ1) is 11.1. The van der Waals surface area contributed by atoms with Gasteiger partial charge in [0.2, 0.25) is 5.91 Å². The molecule has 0 saturated carbocycles. The number of halogens is 1. The van der Waals surface area contributed by atoms with Crippen LogP contribution in [-0.2, 0) is 4.79 Å². The maximum atomic E-state index is 12.5. The third-order valence-corrected chi connectivity index (χ3v) is 4.03. The Labute approximate surface area is 138 Å². The van der Waals surface area contributed by atoms with Crippen LogP contribution in [0.1, 0.15) is 23.3 Å². The monoisotopic (exact) mass is 326 g/mol. The van der Waals surface area contributed by atoms with Crippen LogP contribution in [0.15, 0.2) is 54.7 Å². The molecule has 3 rings (SSSR count). The first-order valence-corrected chi connectivity index (χ1v) is 7.59. The number of hydrogen-bond donors (Lipinski definition) is 1. The van der Waals surface area contributed by atoms with Crippen LogP contribution in [0, 0.1) is 0 Å². The van der Waals surface area contributed by atoms with Gasteiger partial charge in [-0.05, 0) is 37.3 Å². The van der Waals surface area contributed by atoms with E-state index in [1.54, 1.807) is 29.8 Å². The van der Waals surface area contributed by atoms with Gasteiger partial charge in [0.1, 0.15) is 6.04 Å². The number of nitrogens with one attached hydrogen (secondary N) is 1. The molecule has 1 atom stereocenters. The number of aldehydes is 1. The molecule has 5 heteroatoms. The summed E-state index contributed by atoms with van der Waals surface area (Å²) in [6.07, 6.45) is 2.46. The minimum absolute atomic E-state index is 0.152. The molecule has 23 heavy (non-hydrogen) atoms. The largest absolute Gasteiger partial charge is 0.335 e. The summed E-state index contributed by atoms with van der Waals surface area (Å²) in [5.74, 6) is -0.152. The quantitative estimate of drug-likeness (QED) is 0.726. The summed E-state index contributed by atoms with van der Waals surface area (Å²) in [5, 5.41) is 4.17. The fourth-order valence-electron chi connectivity index (χ4n) is 2.56. The first kappa shape index (κ1) is 15.3. The van der Waals surface area contributed by atoms with Gasteiger partial charge in [0.05, 0.1) is 0 Å². The lowest BCUT2D eigenvalue weighted by molar-refractivity contribution is -0.118. The highest BCUT2D eigenvalue weighted by Crippen LogP contribution is 2.27. The second-order valence-corrected chi connectivity index (χ2v) is 5.74. The van der Waals surface area contributed by atoms with Gasteiger partial charge in [0.15, 0.2) is 6.29 Å². The van der Waals surface area contributed by atoms with E-state index >= 15 is 0 Å². The van der Waals surface area contributed by atoms with Crippen LogP contribution < -0.4 is 5.32 Å². The van der Waals surface area contributed by atoms with E-state index in [4.69, 9.17) is 11.6 Å². The van der Waals surface area contributed by atoms with Crippen LogP contribution in [0.5, 0.6) is 0 Å². The summed E-state index contributed by atoms with van der Waals surface area (Å²) in [5.41, 5.74) is 2.05. The molecule has 1 amide bonds. The number of nitrogens with zero attached hydrogens (tertiary/aromatic N) is 1. The lowest BCUT2D eigenvalue weighted by Crippen LogP contribution is -2.23. The van der Waals surface area contributed by atoms with E-state index in [0.29, 0.717) is 10.6 Å². The third kappa shape index (κ3) is 2.98. The van der Waals surface area contributed by atoms with Crippen LogP contribution in [0.3, 0.4) is 0 Å². The average molecular weight is 327 g/mol. The Morgan fingerprint density at radius 2 is 1.96 bits per heavy atom. The Morgan fingerprint density at radius 1 is 1.22 bits per heavy atom. The molecular formula is C18H15ClN2O2. The molecule has 0 aliphatic carbocycles. The number of anilines is 1. The zero-order valence-electron chi connectivity index (χ0n) is 12.5. The van der Waals surface area contributed by atoms with Gasteiger partial charge in [-0.1, -0.05) is 29.8 Å². The lowest BCUT2D eigenvalue weighted by atomic mass is 10.2. The van der Waals surface area contributed by atoms with Crippen molar-refractivity contribution in [1.29, 1.82) is 0 Å². The van der Waals surface area contributed by atoms with Crippen LogP contribution >= 0.6 is 11.6 Å². The zero-order chi connectivity index (χ0) is 16.4. The second kappa shape index (κ2) is 6.26. The molecule has 1 aromatic heterocycles. The van der Waals surface area contributed by atoms with Crippen molar-refractivity contribution < 1.29 is 9.59 Å². The normalized spacial score (nSPS) is 12.1. The van der Waals surface area contributed by atoms with E-state index in [0.717, 1.165) is 22.9 Å². The number of hydrogen-bond acceptors (Lipinski definition) is 2. The minimum atomic E-state index is -0.465. The molecule has 4 nitrogen and oxygen atoms in total. The molecule has 0 radical (unpaired) electrons. The number of aromatic nitrogens is 1. The Balaban J connectivity index is 1.96. The van der Waals surface area contributed by atoms with Gasteiger partial charge in [0.25, 0.3) is 0 Å². The van der Waals surface area contributed by atoms with Crippen LogP contribution in [0.25, 0.3) is 10.9 Å². The Hall–Kier alpha value is -2.59. The molecule has 2 aromatic carbocycles. The number of amides is 1. The van der Waals surface area contributed by atoms with Gasteiger partial charge >= 0.3 is 0 Å². The standard InChI is InChI=1S/C18H15ClN2O2/c1-12(18(23)20-15-5-3-2-4-6-15)21-10-13(11-22)16-9-14(19)7-8-17(16)21/h2-12H,1H3,(H,20,23). The SMILES string of the molecule is CC(C(=O)Nc1ccccc1)n1cc(C=O)c2cc(Cl)ccc21. The number of carbonyl (C=O) groups excluding carboxylic acids is 2. The number of fused-ring (bicyclic) bond motifs is 1. The summed E-state index contributed by atoms with van der Waals surface area (Å²) in [4.78, 5) is 23.7. The van der Waals surface area contributed by atoms with E-state index in [-0.39, 0.29) is 5.91 Å². The molecule has 0 fully saturated rings.